The van der Waals surface area contributed by atoms with Crippen molar-refractivity contribution in [2.75, 3.05) is 32.8 Å². The molecule has 3 heterocycles. The Balaban J connectivity index is 1.58. The molecule has 0 bridgehead atoms. The first kappa shape index (κ1) is 16.9. The Kier molecular flexibility index (Phi) is 5.79. The minimum atomic E-state index is -0.0892. The second kappa shape index (κ2) is 8.23. The van der Waals surface area contributed by atoms with E-state index in [1.54, 1.807) is 34.4 Å². The molecule has 24 heavy (non-hydrogen) atoms. The first-order valence-electron chi connectivity index (χ1n) is 8.02. The summed E-state index contributed by atoms with van der Waals surface area (Å²) in [6.45, 7) is 3.87. The average Bonchev–Trinajstić information content (AvgIpc) is 3.26. The van der Waals surface area contributed by atoms with Crippen molar-refractivity contribution >= 4 is 23.3 Å². The van der Waals surface area contributed by atoms with Crippen LogP contribution < -0.4 is 5.32 Å². The Bertz CT molecular complexity index is 675. The number of amides is 1. The van der Waals surface area contributed by atoms with E-state index < -0.39 is 0 Å². The van der Waals surface area contributed by atoms with Gasteiger partial charge in [-0.15, -0.1) is 11.3 Å². The molecule has 0 aliphatic carbocycles. The number of carbonyl (C=O) groups is 1. The van der Waals surface area contributed by atoms with E-state index in [1.807, 2.05) is 13.2 Å². The van der Waals surface area contributed by atoms with Crippen molar-refractivity contribution < 1.29 is 9.53 Å². The third-order valence-electron chi connectivity index (χ3n) is 3.98. The summed E-state index contributed by atoms with van der Waals surface area (Å²) in [6.07, 6.45) is 6.93. The van der Waals surface area contributed by atoms with Crippen molar-refractivity contribution in [2.45, 2.75) is 6.04 Å². The number of rotatable bonds is 6. The molecule has 1 aliphatic heterocycles. The van der Waals surface area contributed by atoms with Gasteiger partial charge in [-0.25, -0.2) is 0 Å². The van der Waals surface area contributed by atoms with Gasteiger partial charge in [0.15, 0.2) is 0 Å². The fourth-order valence-electron chi connectivity index (χ4n) is 2.73. The second-order valence-corrected chi connectivity index (χ2v) is 6.68. The van der Waals surface area contributed by atoms with Gasteiger partial charge in [0.2, 0.25) is 5.91 Å². The highest BCUT2D eigenvalue weighted by Crippen LogP contribution is 2.25. The maximum absolute atomic E-state index is 12.1. The normalized spacial score (nSPS) is 17.2. The molecule has 0 aromatic carbocycles. The topological polar surface area (TPSA) is 59.4 Å². The minimum Gasteiger partial charge on any atom is -0.379 e. The third-order valence-corrected chi connectivity index (χ3v) is 4.95. The molecule has 6 nitrogen and oxygen atoms in total. The lowest BCUT2D eigenvalue weighted by molar-refractivity contribution is -0.116. The highest BCUT2D eigenvalue weighted by molar-refractivity contribution is 7.10. The lowest BCUT2D eigenvalue weighted by Crippen LogP contribution is -2.43. The number of morpholine rings is 1. The molecule has 1 amide bonds. The summed E-state index contributed by atoms with van der Waals surface area (Å²) in [7, 11) is 1.85. The molecule has 128 valence electrons. The van der Waals surface area contributed by atoms with E-state index >= 15 is 0 Å². The van der Waals surface area contributed by atoms with Gasteiger partial charge in [-0.2, -0.15) is 5.10 Å². The number of hydrogen-bond acceptors (Lipinski definition) is 5. The van der Waals surface area contributed by atoms with E-state index in [1.165, 1.54) is 4.88 Å². The van der Waals surface area contributed by atoms with Crippen molar-refractivity contribution in [3.8, 4) is 0 Å². The summed E-state index contributed by atoms with van der Waals surface area (Å²) >= 11 is 1.73. The van der Waals surface area contributed by atoms with Gasteiger partial charge >= 0.3 is 0 Å². The molecule has 1 fully saturated rings. The molecule has 2 aromatic heterocycles. The lowest BCUT2D eigenvalue weighted by atomic mass is 10.2. The molecule has 0 spiro atoms. The van der Waals surface area contributed by atoms with Crippen molar-refractivity contribution in [1.82, 2.24) is 20.0 Å². The van der Waals surface area contributed by atoms with Gasteiger partial charge in [0.25, 0.3) is 0 Å². The van der Waals surface area contributed by atoms with E-state index in [4.69, 9.17) is 4.74 Å². The van der Waals surface area contributed by atoms with Crippen molar-refractivity contribution in [3.05, 3.63) is 46.4 Å². The minimum absolute atomic E-state index is 0.0892. The molecule has 0 saturated carbocycles. The first-order valence-corrected chi connectivity index (χ1v) is 8.90. The zero-order valence-electron chi connectivity index (χ0n) is 13.7. The number of thiophene rings is 1. The zero-order chi connectivity index (χ0) is 16.8. The Hall–Kier alpha value is -1.96. The van der Waals surface area contributed by atoms with Crippen molar-refractivity contribution in [3.63, 3.8) is 0 Å². The van der Waals surface area contributed by atoms with Crippen LogP contribution in [0.3, 0.4) is 0 Å². The first-order chi connectivity index (χ1) is 11.7. The molecule has 3 rings (SSSR count). The van der Waals surface area contributed by atoms with Gasteiger partial charge in [0.1, 0.15) is 0 Å². The van der Waals surface area contributed by atoms with Crippen LogP contribution in [0.4, 0.5) is 0 Å². The summed E-state index contributed by atoms with van der Waals surface area (Å²) in [5.74, 6) is -0.0892. The third kappa shape index (κ3) is 4.53. The summed E-state index contributed by atoms with van der Waals surface area (Å²) in [5.41, 5.74) is 0.913. The Labute approximate surface area is 145 Å². The molecule has 1 aliphatic rings. The van der Waals surface area contributed by atoms with Gasteiger partial charge in [0.05, 0.1) is 25.5 Å². The van der Waals surface area contributed by atoms with Crippen LogP contribution in [0.25, 0.3) is 6.08 Å². The number of nitrogens with one attached hydrogen (secondary N) is 1. The predicted octanol–water partition coefficient (Wildman–Crippen LogP) is 1.68. The number of aromatic nitrogens is 2. The van der Waals surface area contributed by atoms with Gasteiger partial charge in [-0.1, -0.05) is 6.07 Å². The van der Waals surface area contributed by atoms with Gasteiger partial charge in [-0.05, 0) is 17.5 Å². The molecular formula is C17H22N4O2S. The summed E-state index contributed by atoms with van der Waals surface area (Å²) in [6, 6.07) is 4.38. The second-order valence-electron chi connectivity index (χ2n) is 5.71. The highest BCUT2D eigenvalue weighted by Gasteiger charge is 2.23. The van der Waals surface area contributed by atoms with E-state index in [9.17, 15) is 4.79 Å². The van der Waals surface area contributed by atoms with Crippen LogP contribution in [0.5, 0.6) is 0 Å². The average molecular weight is 346 g/mol. The summed E-state index contributed by atoms with van der Waals surface area (Å²) in [4.78, 5) is 15.8. The van der Waals surface area contributed by atoms with Crippen LogP contribution in [-0.2, 0) is 16.6 Å². The SMILES string of the molecule is Cn1cc(/C=C/C(=O)NC[C@@H](c2cccs2)N2CCOCC2)cn1. The molecule has 1 N–H and O–H groups in total. The van der Waals surface area contributed by atoms with E-state index in [2.05, 4.69) is 32.8 Å². The maximum atomic E-state index is 12.1. The van der Waals surface area contributed by atoms with Gasteiger partial charge in [0, 0.05) is 49.4 Å². The molecule has 1 atom stereocenters. The van der Waals surface area contributed by atoms with Gasteiger partial charge in [-0.3, -0.25) is 14.4 Å². The maximum Gasteiger partial charge on any atom is 0.244 e. The lowest BCUT2D eigenvalue weighted by Gasteiger charge is -2.34. The number of ether oxygens (including phenoxy) is 1. The molecule has 7 heteroatoms. The largest absolute Gasteiger partial charge is 0.379 e. The van der Waals surface area contributed by atoms with Crippen LogP contribution in [0.15, 0.2) is 36.0 Å². The van der Waals surface area contributed by atoms with Crippen LogP contribution in [-0.4, -0.2) is 53.4 Å². The Morgan fingerprint density at radius 3 is 3.00 bits per heavy atom. The number of nitrogens with zero attached hydrogens (tertiary/aromatic N) is 3. The monoisotopic (exact) mass is 346 g/mol. The van der Waals surface area contributed by atoms with Crippen LogP contribution in [0.2, 0.25) is 0 Å². The van der Waals surface area contributed by atoms with E-state index in [0.29, 0.717) is 6.54 Å². The fourth-order valence-corrected chi connectivity index (χ4v) is 3.59. The summed E-state index contributed by atoms with van der Waals surface area (Å²) in [5, 5.41) is 9.17. The molecule has 0 unspecified atom stereocenters. The smallest absolute Gasteiger partial charge is 0.244 e. The van der Waals surface area contributed by atoms with E-state index in [-0.39, 0.29) is 11.9 Å². The zero-order valence-corrected chi connectivity index (χ0v) is 14.5. The van der Waals surface area contributed by atoms with Crippen molar-refractivity contribution in [1.29, 1.82) is 0 Å². The predicted molar refractivity (Wildman–Crippen MR) is 94.7 cm³/mol. The highest BCUT2D eigenvalue weighted by atomic mass is 32.1. The Morgan fingerprint density at radius 2 is 2.33 bits per heavy atom. The molecule has 2 aromatic rings. The van der Waals surface area contributed by atoms with Crippen LogP contribution in [0, 0.1) is 0 Å². The Morgan fingerprint density at radius 1 is 1.50 bits per heavy atom. The number of aryl methyl sites for hydroxylation is 1. The standard InChI is InChI=1S/C17H22N4O2S/c1-20-13-14(11-19-20)4-5-17(22)18-12-15(16-3-2-10-24-16)21-6-8-23-9-7-21/h2-5,10-11,13,15H,6-9,12H2,1H3,(H,18,22)/b5-4+/t15-/m0/s1. The molecule has 1 saturated heterocycles. The van der Waals surface area contributed by atoms with Crippen molar-refractivity contribution in [2.24, 2.45) is 7.05 Å². The molecule has 0 radical (unpaired) electrons. The fraction of sp³-hybridized carbons (Fsp3) is 0.412. The van der Waals surface area contributed by atoms with Crippen LogP contribution >= 0.6 is 11.3 Å². The van der Waals surface area contributed by atoms with Gasteiger partial charge < -0.3 is 10.1 Å². The van der Waals surface area contributed by atoms with E-state index in [0.717, 1.165) is 31.9 Å². The van der Waals surface area contributed by atoms with Crippen LogP contribution in [0.1, 0.15) is 16.5 Å². The summed E-state index contributed by atoms with van der Waals surface area (Å²) < 4.78 is 7.15. The number of carbonyl (C=O) groups excluding carboxylic acids is 1. The molecular weight excluding hydrogens is 324 g/mol. The number of hydrogen-bond donors (Lipinski definition) is 1. The quantitative estimate of drug-likeness (QED) is 0.809.